The molecule has 0 spiro atoms. The molecule has 0 amide bonds. The Morgan fingerprint density at radius 2 is 2.37 bits per heavy atom. The van der Waals surface area contributed by atoms with E-state index >= 15 is 0 Å². The smallest absolute Gasteiger partial charge is 0.246 e. The minimum Gasteiger partial charge on any atom is -0.312 e. The molecule has 104 valence electrons. The van der Waals surface area contributed by atoms with E-state index in [-0.39, 0.29) is 11.4 Å². The number of aromatic nitrogens is 2. The first-order valence-electron chi connectivity index (χ1n) is 6.19. The van der Waals surface area contributed by atoms with Crippen LogP contribution in [0.1, 0.15) is 12.8 Å². The van der Waals surface area contributed by atoms with Crippen LogP contribution in [0.15, 0.2) is 17.3 Å². The Bertz CT molecular complexity index is 569. The zero-order chi connectivity index (χ0) is 13.9. The quantitative estimate of drug-likeness (QED) is 0.709. The molecule has 1 aromatic rings. The fraction of sp³-hybridized carbons (Fsp3) is 0.583. The fourth-order valence-corrected chi connectivity index (χ4v) is 2.70. The van der Waals surface area contributed by atoms with E-state index in [0.29, 0.717) is 12.6 Å². The zero-order valence-corrected chi connectivity index (χ0v) is 11.7. The van der Waals surface area contributed by atoms with Crippen LogP contribution >= 0.6 is 0 Å². The molecule has 0 unspecified atom stereocenters. The highest BCUT2D eigenvalue weighted by Crippen LogP contribution is 2.18. The lowest BCUT2D eigenvalue weighted by Gasteiger charge is -2.12. The lowest BCUT2D eigenvalue weighted by molar-refractivity contribution is 0.502. The molecule has 0 atom stereocenters. The lowest BCUT2D eigenvalue weighted by Crippen LogP contribution is -2.27. The van der Waals surface area contributed by atoms with Crippen molar-refractivity contribution in [3.63, 3.8) is 0 Å². The topological polar surface area (TPSA) is 67.2 Å². The molecule has 0 aromatic carbocycles. The van der Waals surface area contributed by atoms with E-state index in [1.807, 2.05) is 0 Å². The number of rotatable bonds is 7. The van der Waals surface area contributed by atoms with E-state index in [9.17, 15) is 8.42 Å². The molecule has 7 heteroatoms. The normalized spacial score (nSPS) is 15.6. The highest BCUT2D eigenvalue weighted by molar-refractivity contribution is 7.89. The van der Waals surface area contributed by atoms with Crippen LogP contribution in [-0.2, 0) is 16.6 Å². The second kappa shape index (κ2) is 5.74. The molecule has 2 rings (SSSR count). The van der Waals surface area contributed by atoms with Crippen molar-refractivity contribution in [1.29, 1.82) is 0 Å². The minimum atomic E-state index is -3.52. The van der Waals surface area contributed by atoms with Gasteiger partial charge in [0.1, 0.15) is 4.90 Å². The standard InChI is InChI=1S/C12H18N4O2S/c1-3-7-15(2)19(17,18)12-9-14-16(10-12)8-6-13-11-4-5-11/h1,9-11,13H,4-8H2,2H3. The highest BCUT2D eigenvalue weighted by Gasteiger charge is 2.22. The van der Waals surface area contributed by atoms with Gasteiger partial charge in [0, 0.05) is 25.8 Å². The van der Waals surface area contributed by atoms with Crippen molar-refractivity contribution in [3.05, 3.63) is 12.4 Å². The average Bonchev–Trinajstić information content (AvgIpc) is 3.05. The molecule has 1 heterocycles. The first kappa shape index (κ1) is 14.1. The van der Waals surface area contributed by atoms with Gasteiger partial charge in [-0.15, -0.1) is 6.42 Å². The van der Waals surface area contributed by atoms with Gasteiger partial charge in [0.25, 0.3) is 0 Å². The summed E-state index contributed by atoms with van der Waals surface area (Å²) in [5.74, 6) is 2.31. The van der Waals surface area contributed by atoms with E-state index in [0.717, 1.165) is 10.8 Å². The van der Waals surface area contributed by atoms with E-state index in [4.69, 9.17) is 6.42 Å². The zero-order valence-electron chi connectivity index (χ0n) is 10.9. The van der Waals surface area contributed by atoms with Crippen LogP contribution in [0.5, 0.6) is 0 Å². The molecular formula is C12H18N4O2S. The van der Waals surface area contributed by atoms with Crippen LogP contribution in [0.3, 0.4) is 0 Å². The maximum Gasteiger partial charge on any atom is 0.246 e. The van der Waals surface area contributed by atoms with Crippen molar-refractivity contribution in [2.75, 3.05) is 20.1 Å². The van der Waals surface area contributed by atoms with Crippen molar-refractivity contribution in [2.24, 2.45) is 0 Å². The molecule has 0 radical (unpaired) electrons. The third kappa shape index (κ3) is 3.56. The van der Waals surface area contributed by atoms with Crippen molar-refractivity contribution in [2.45, 2.75) is 30.3 Å². The van der Waals surface area contributed by atoms with Gasteiger partial charge in [0.2, 0.25) is 10.0 Å². The van der Waals surface area contributed by atoms with Crippen LogP contribution in [0.4, 0.5) is 0 Å². The van der Waals surface area contributed by atoms with Crippen molar-refractivity contribution >= 4 is 10.0 Å². The maximum atomic E-state index is 12.1. The van der Waals surface area contributed by atoms with E-state index < -0.39 is 10.0 Å². The SMILES string of the molecule is C#CCN(C)S(=O)(=O)c1cnn(CCNC2CC2)c1. The molecule has 1 fully saturated rings. The van der Waals surface area contributed by atoms with Gasteiger partial charge in [-0.25, -0.2) is 8.42 Å². The van der Waals surface area contributed by atoms with Crippen molar-refractivity contribution < 1.29 is 8.42 Å². The van der Waals surface area contributed by atoms with Gasteiger partial charge in [-0.05, 0) is 12.8 Å². The number of hydrogen-bond acceptors (Lipinski definition) is 4. The summed E-state index contributed by atoms with van der Waals surface area (Å²) in [6, 6.07) is 0.639. The van der Waals surface area contributed by atoms with Crippen LogP contribution in [-0.4, -0.2) is 48.7 Å². The molecule has 0 saturated heterocycles. The number of hydrogen-bond donors (Lipinski definition) is 1. The second-order valence-electron chi connectivity index (χ2n) is 4.63. The molecule has 1 N–H and O–H groups in total. The molecular weight excluding hydrogens is 264 g/mol. The monoisotopic (exact) mass is 282 g/mol. The number of terminal acetylenes is 1. The maximum absolute atomic E-state index is 12.1. The Morgan fingerprint density at radius 3 is 3.00 bits per heavy atom. The Kier molecular flexibility index (Phi) is 4.24. The Hall–Kier alpha value is -1.36. The summed E-state index contributed by atoms with van der Waals surface area (Å²) >= 11 is 0. The van der Waals surface area contributed by atoms with Gasteiger partial charge in [0.05, 0.1) is 19.3 Å². The third-order valence-corrected chi connectivity index (χ3v) is 4.74. The fourth-order valence-electron chi connectivity index (χ4n) is 1.66. The number of sulfonamides is 1. The summed E-state index contributed by atoms with van der Waals surface area (Å²) < 4.78 is 26.9. The summed E-state index contributed by atoms with van der Waals surface area (Å²) in [4.78, 5) is 0.177. The van der Waals surface area contributed by atoms with Crippen LogP contribution < -0.4 is 5.32 Å². The van der Waals surface area contributed by atoms with Gasteiger partial charge in [-0.2, -0.15) is 9.40 Å². The molecule has 19 heavy (non-hydrogen) atoms. The molecule has 1 aromatic heterocycles. The van der Waals surface area contributed by atoms with Crippen LogP contribution in [0, 0.1) is 12.3 Å². The van der Waals surface area contributed by atoms with Gasteiger partial charge in [-0.1, -0.05) is 5.92 Å². The molecule has 1 aliphatic carbocycles. The summed E-state index contributed by atoms with van der Waals surface area (Å²) in [5, 5.41) is 7.41. The van der Waals surface area contributed by atoms with E-state index in [2.05, 4.69) is 16.3 Å². The van der Waals surface area contributed by atoms with Crippen LogP contribution in [0.2, 0.25) is 0 Å². The van der Waals surface area contributed by atoms with Crippen LogP contribution in [0.25, 0.3) is 0 Å². The average molecular weight is 282 g/mol. The summed E-state index contributed by atoms with van der Waals surface area (Å²) in [7, 11) is -2.06. The molecule has 1 saturated carbocycles. The predicted octanol–water partition coefficient (Wildman–Crippen LogP) is -0.111. The van der Waals surface area contributed by atoms with Crippen molar-refractivity contribution in [3.8, 4) is 12.3 Å². The van der Waals surface area contributed by atoms with E-state index in [1.54, 1.807) is 4.68 Å². The van der Waals surface area contributed by atoms with E-state index in [1.165, 1.54) is 32.3 Å². The molecule has 1 aliphatic rings. The minimum absolute atomic E-state index is 0.0523. The first-order chi connectivity index (χ1) is 9.04. The lowest BCUT2D eigenvalue weighted by atomic mass is 10.6. The van der Waals surface area contributed by atoms with Crippen molar-refractivity contribution in [1.82, 2.24) is 19.4 Å². The first-order valence-corrected chi connectivity index (χ1v) is 7.63. The van der Waals surface area contributed by atoms with Gasteiger partial charge >= 0.3 is 0 Å². The second-order valence-corrected chi connectivity index (χ2v) is 6.68. The Morgan fingerprint density at radius 1 is 1.63 bits per heavy atom. The molecule has 0 bridgehead atoms. The Balaban J connectivity index is 1.96. The summed E-state index contributed by atoms with van der Waals surface area (Å²) in [5.41, 5.74) is 0. The predicted molar refractivity (Wildman–Crippen MR) is 71.9 cm³/mol. The number of nitrogens with zero attached hydrogens (tertiary/aromatic N) is 3. The van der Waals surface area contributed by atoms with Gasteiger partial charge in [-0.3, -0.25) is 4.68 Å². The van der Waals surface area contributed by atoms with Gasteiger partial charge in [0.15, 0.2) is 0 Å². The number of nitrogens with one attached hydrogen (secondary N) is 1. The highest BCUT2D eigenvalue weighted by atomic mass is 32.2. The largest absolute Gasteiger partial charge is 0.312 e. The third-order valence-electron chi connectivity index (χ3n) is 2.98. The summed E-state index contributed by atoms with van der Waals surface area (Å²) in [6.07, 6.45) is 10.5. The summed E-state index contributed by atoms with van der Waals surface area (Å²) in [6.45, 7) is 1.51. The molecule has 0 aliphatic heterocycles. The van der Waals surface area contributed by atoms with Gasteiger partial charge < -0.3 is 5.32 Å². The molecule has 6 nitrogen and oxygen atoms in total. The Labute approximate surface area is 113 Å².